The molecule has 4 rings (SSSR count). The molecule has 1 aliphatic rings. The molecule has 0 saturated carbocycles. The maximum absolute atomic E-state index is 13.9. The van der Waals surface area contributed by atoms with E-state index < -0.39 is 20.6 Å². The van der Waals surface area contributed by atoms with Gasteiger partial charge >= 0.3 is 15.2 Å². The number of aromatic amines is 1. The third kappa shape index (κ3) is 7.48. The number of ether oxygens (including phenoxy) is 1. The summed E-state index contributed by atoms with van der Waals surface area (Å²) in [5, 5.41) is -0.275. The van der Waals surface area contributed by atoms with E-state index >= 15 is 0 Å². The van der Waals surface area contributed by atoms with Gasteiger partial charge in [0.15, 0.2) is 5.40 Å². The second-order valence-corrected chi connectivity index (χ2v) is 14.7. The minimum absolute atomic E-state index is 0.0528. The van der Waals surface area contributed by atoms with Crippen molar-refractivity contribution in [3.8, 4) is 5.75 Å². The van der Waals surface area contributed by atoms with E-state index in [2.05, 4.69) is 4.98 Å². The molecule has 43 heavy (non-hydrogen) atoms. The molecule has 1 aromatic heterocycles. The van der Waals surface area contributed by atoms with E-state index in [9.17, 15) is 18.7 Å². The molecule has 0 aliphatic carbocycles. The molecule has 13 heteroatoms. The fourth-order valence-corrected chi connectivity index (χ4v) is 10.4. The second-order valence-electron chi connectivity index (χ2n) is 9.84. The van der Waals surface area contributed by atoms with E-state index in [4.69, 9.17) is 22.8 Å². The van der Waals surface area contributed by atoms with Gasteiger partial charge < -0.3 is 27.8 Å². The Kier molecular flexibility index (Phi) is 11.4. The lowest BCUT2D eigenvalue weighted by Crippen LogP contribution is -2.30. The molecule has 0 atom stereocenters. The molecule has 0 saturated heterocycles. The first-order valence-electron chi connectivity index (χ1n) is 14.7. The van der Waals surface area contributed by atoms with E-state index in [1.807, 2.05) is 24.3 Å². The van der Waals surface area contributed by atoms with Crippen molar-refractivity contribution in [2.45, 2.75) is 52.4 Å². The van der Waals surface area contributed by atoms with Crippen molar-refractivity contribution < 1.29 is 41.6 Å². The highest BCUT2D eigenvalue weighted by Crippen LogP contribution is 2.71. The molecular weight excluding hydrogens is 594 g/mol. The average molecular weight is 635 g/mol. The summed E-state index contributed by atoms with van der Waals surface area (Å²) in [6, 6.07) is 14.3. The molecule has 11 nitrogen and oxygen atoms in total. The van der Waals surface area contributed by atoms with Crippen molar-refractivity contribution in [2.75, 3.05) is 39.6 Å². The lowest BCUT2D eigenvalue weighted by atomic mass is 10.1. The van der Waals surface area contributed by atoms with Crippen LogP contribution < -0.4 is 4.74 Å². The van der Waals surface area contributed by atoms with Gasteiger partial charge in [0.25, 0.3) is 11.8 Å². The van der Waals surface area contributed by atoms with Gasteiger partial charge in [0.05, 0.1) is 44.2 Å². The van der Waals surface area contributed by atoms with Gasteiger partial charge in [-0.15, -0.1) is 0 Å². The van der Waals surface area contributed by atoms with E-state index in [0.717, 1.165) is 10.9 Å². The van der Waals surface area contributed by atoms with E-state index in [1.165, 1.54) is 4.90 Å². The Labute approximate surface area is 252 Å². The number of imide groups is 1. The number of carbonyl (C=O) groups excluding carboxylic acids is 2. The molecule has 2 amide bonds. The molecule has 0 unspecified atom stereocenters. The number of rotatable bonds is 18. The molecule has 0 fully saturated rings. The quantitative estimate of drug-likeness (QED) is 0.0890. The zero-order valence-corrected chi connectivity index (χ0v) is 26.9. The molecule has 3 aromatic rings. The molecule has 234 valence electrons. The van der Waals surface area contributed by atoms with Gasteiger partial charge in [0, 0.05) is 30.2 Å². The number of benzene rings is 2. The van der Waals surface area contributed by atoms with Gasteiger partial charge in [-0.05, 0) is 76.3 Å². The van der Waals surface area contributed by atoms with Crippen LogP contribution in [-0.4, -0.2) is 66.7 Å². The summed E-state index contributed by atoms with van der Waals surface area (Å²) in [7, 11) is -7.77. The molecule has 0 bridgehead atoms. The van der Waals surface area contributed by atoms with Gasteiger partial charge in [0.1, 0.15) is 5.75 Å². The zero-order chi connectivity index (χ0) is 31.0. The summed E-state index contributed by atoms with van der Waals surface area (Å²) in [5.74, 6) is 0.130. The molecule has 2 aromatic carbocycles. The predicted molar refractivity (Wildman–Crippen MR) is 164 cm³/mol. The van der Waals surface area contributed by atoms with Crippen molar-refractivity contribution in [1.82, 2.24) is 9.88 Å². The second kappa shape index (κ2) is 14.8. The normalized spacial score (nSPS) is 13.8. The number of unbranched alkanes of at least 4 members (excludes halogenated alkanes) is 1. The van der Waals surface area contributed by atoms with Crippen molar-refractivity contribution in [3.05, 3.63) is 65.4 Å². The first-order valence-corrected chi connectivity index (χ1v) is 17.9. The summed E-state index contributed by atoms with van der Waals surface area (Å²) in [6.07, 6.45) is 1.32. The number of amides is 2. The van der Waals surface area contributed by atoms with Gasteiger partial charge in [-0.25, -0.2) is 0 Å². The number of aromatic nitrogens is 1. The minimum atomic E-state index is -3.89. The van der Waals surface area contributed by atoms with E-state index in [1.54, 1.807) is 52.0 Å². The number of nitrogens with zero attached hydrogens (tertiary/aromatic N) is 1. The molecule has 2 heterocycles. The minimum Gasteiger partial charge on any atom is -0.494 e. The summed E-state index contributed by atoms with van der Waals surface area (Å²) in [4.78, 5) is 29.7. The highest BCUT2D eigenvalue weighted by molar-refractivity contribution is 7.72. The predicted octanol–water partition coefficient (Wildman–Crippen LogP) is 7.02. The zero-order valence-electron chi connectivity index (χ0n) is 25.1. The van der Waals surface area contributed by atoms with Gasteiger partial charge in [0.2, 0.25) is 0 Å². The highest BCUT2D eigenvalue weighted by atomic mass is 31.2. The molecule has 0 radical (unpaired) electrons. The van der Waals surface area contributed by atoms with Crippen molar-refractivity contribution >= 4 is 37.9 Å². The summed E-state index contributed by atoms with van der Waals surface area (Å²) >= 11 is 0. The van der Waals surface area contributed by atoms with Gasteiger partial charge in [-0.1, -0.05) is 12.1 Å². The maximum Gasteiger partial charge on any atom is 0.346 e. The summed E-state index contributed by atoms with van der Waals surface area (Å²) in [5.41, 5.74) is 2.34. The summed E-state index contributed by atoms with van der Waals surface area (Å²) in [6.45, 7) is 7.96. The fourth-order valence-electron chi connectivity index (χ4n) is 5.10. The largest absolute Gasteiger partial charge is 0.494 e. The molecule has 0 spiro atoms. The van der Waals surface area contributed by atoms with Crippen LogP contribution in [0.15, 0.2) is 48.5 Å². The van der Waals surface area contributed by atoms with Crippen molar-refractivity contribution in [1.29, 1.82) is 0 Å². The molecule has 1 aliphatic heterocycles. The third-order valence-corrected chi connectivity index (χ3v) is 12.9. The van der Waals surface area contributed by atoms with Gasteiger partial charge in [-0.3, -0.25) is 23.6 Å². The van der Waals surface area contributed by atoms with Crippen LogP contribution in [0, 0.1) is 0 Å². The van der Waals surface area contributed by atoms with Crippen LogP contribution in [0.2, 0.25) is 0 Å². The number of carbonyl (C=O) groups is 2. The number of hydrogen-bond acceptors (Lipinski definition) is 9. The van der Waals surface area contributed by atoms with Crippen LogP contribution in [0.1, 0.15) is 66.9 Å². The van der Waals surface area contributed by atoms with Gasteiger partial charge in [-0.2, -0.15) is 0 Å². The lowest BCUT2D eigenvalue weighted by molar-refractivity contribution is 0.0649. The fraction of sp³-hybridized carbons (Fsp3) is 0.467. The van der Waals surface area contributed by atoms with Crippen LogP contribution in [0.4, 0.5) is 0 Å². The number of hydrogen-bond donors (Lipinski definition) is 1. The topological polar surface area (TPSA) is 133 Å². The van der Waals surface area contributed by atoms with E-state index in [0.29, 0.717) is 48.6 Å². The van der Waals surface area contributed by atoms with Crippen LogP contribution in [0.25, 0.3) is 10.9 Å². The maximum atomic E-state index is 13.9. The first-order chi connectivity index (χ1) is 20.7. The number of fused-ring (bicyclic) bond motifs is 2. The molecular formula is C30H40N2O9P2. The Morgan fingerprint density at radius 3 is 1.86 bits per heavy atom. The Bertz CT molecular complexity index is 1440. The Morgan fingerprint density at radius 2 is 1.33 bits per heavy atom. The Hall–Kier alpha value is -2.78. The Morgan fingerprint density at radius 1 is 0.767 bits per heavy atom. The number of H-pyrrole nitrogens is 1. The molecule has 1 N–H and O–H groups in total. The monoisotopic (exact) mass is 634 g/mol. The smallest absolute Gasteiger partial charge is 0.346 e. The van der Waals surface area contributed by atoms with Crippen molar-refractivity contribution in [2.24, 2.45) is 0 Å². The van der Waals surface area contributed by atoms with Crippen LogP contribution >= 0.6 is 15.2 Å². The third-order valence-electron chi connectivity index (χ3n) is 6.94. The van der Waals surface area contributed by atoms with E-state index in [-0.39, 0.29) is 44.7 Å². The van der Waals surface area contributed by atoms with Crippen LogP contribution in [0.5, 0.6) is 5.75 Å². The highest BCUT2D eigenvalue weighted by Gasteiger charge is 2.51. The van der Waals surface area contributed by atoms with Crippen LogP contribution in [0.3, 0.4) is 0 Å². The summed E-state index contributed by atoms with van der Waals surface area (Å²) < 4.78 is 56.1. The SMILES string of the molecule is CCOP(=O)(OCC)C(Cc1cc2ccc(OCCCCN3C(=O)c4ccccc4C3=O)cc2[nH]1)P(=O)(OCC)OCC. The average Bonchev–Trinajstić information content (AvgIpc) is 3.49. The van der Waals surface area contributed by atoms with Crippen LogP contribution in [-0.2, 0) is 33.6 Å². The number of nitrogens with one attached hydrogen (secondary N) is 1. The first kappa shape index (κ1) is 33.1. The lowest BCUT2D eigenvalue weighted by Gasteiger charge is -2.31. The Balaban J connectivity index is 1.41. The van der Waals surface area contributed by atoms with Crippen molar-refractivity contribution in [3.63, 3.8) is 0 Å². The standard InChI is InChI=1S/C30H40N2O9P2/c1-5-38-42(35,39-6-2)28(43(36,40-7-3)41-8-4)20-23-19-22-15-16-24(21-27(22)31-23)37-18-12-11-17-32-29(33)25-13-9-10-14-26(25)30(32)34/h9-10,13-16,19,21,28,31H,5-8,11-12,17-18,20H2,1-4H3.